The first-order chi connectivity index (χ1) is 11.9. The summed E-state index contributed by atoms with van der Waals surface area (Å²) in [5.74, 6) is 0.725. The van der Waals surface area contributed by atoms with Gasteiger partial charge in [0.1, 0.15) is 5.76 Å². The lowest BCUT2D eigenvalue weighted by molar-refractivity contribution is 0.0657. The molecule has 0 saturated heterocycles. The van der Waals surface area contributed by atoms with Crippen molar-refractivity contribution in [1.82, 2.24) is 15.8 Å². The second kappa shape index (κ2) is 8.67. The zero-order valence-electron chi connectivity index (χ0n) is 15.6. The topological polar surface area (TPSA) is 76.4 Å². The zero-order chi connectivity index (χ0) is 18.4. The van der Waals surface area contributed by atoms with E-state index < -0.39 is 0 Å². The molecule has 2 N–H and O–H groups in total. The Kier molecular flexibility index (Phi) is 6.58. The van der Waals surface area contributed by atoms with Crippen LogP contribution in [0.25, 0.3) is 0 Å². The maximum absolute atomic E-state index is 12.1. The number of aryl methyl sites for hydroxylation is 2. The molecule has 1 aromatic heterocycles. The van der Waals surface area contributed by atoms with E-state index in [2.05, 4.69) is 15.8 Å². The Bertz CT molecular complexity index is 690. The Morgan fingerprint density at radius 1 is 1.24 bits per heavy atom. The molecule has 136 valence electrons. The Balaban J connectivity index is 1.86. The molecule has 2 aromatic rings. The van der Waals surface area contributed by atoms with Crippen molar-refractivity contribution >= 4 is 6.03 Å². The fraction of sp³-hybridized carbons (Fsp3) is 0.474. The summed E-state index contributed by atoms with van der Waals surface area (Å²) < 4.78 is 10.8. The summed E-state index contributed by atoms with van der Waals surface area (Å²) in [7, 11) is 0. The first-order valence-corrected chi connectivity index (χ1v) is 8.53. The van der Waals surface area contributed by atoms with E-state index in [-0.39, 0.29) is 18.2 Å². The highest BCUT2D eigenvalue weighted by Gasteiger charge is 2.18. The Labute approximate surface area is 148 Å². The van der Waals surface area contributed by atoms with Gasteiger partial charge in [-0.1, -0.05) is 29.4 Å². The van der Waals surface area contributed by atoms with Crippen molar-refractivity contribution in [2.75, 3.05) is 0 Å². The maximum Gasteiger partial charge on any atom is 0.315 e. The number of rotatable bonds is 7. The normalized spacial score (nSPS) is 12.2. The minimum Gasteiger partial charge on any atom is -0.374 e. The molecule has 1 heterocycles. The molecular weight excluding hydrogens is 318 g/mol. The smallest absolute Gasteiger partial charge is 0.315 e. The van der Waals surface area contributed by atoms with E-state index in [0.29, 0.717) is 13.2 Å². The van der Waals surface area contributed by atoms with Crippen LogP contribution in [0.15, 0.2) is 28.8 Å². The molecule has 1 aromatic carbocycles. The molecule has 0 fully saturated rings. The summed E-state index contributed by atoms with van der Waals surface area (Å²) in [5.41, 5.74) is 3.84. The highest BCUT2D eigenvalue weighted by molar-refractivity contribution is 5.74. The minimum atomic E-state index is -0.226. The van der Waals surface area contributed by atoms with Crippen LogP contribution in [0.1, 0.15) is 55.0 Å². The van der Waals surface area contributed by atoms with E-state index in [9.17, 15) is 4.79 Å². The van der Waals surface area contributed by atoms with Gasteiger partial charge in [0.15, 0.2) is 0 Å². The summed E-state index contributed by atoms with van der Waals surface area (Å²) in [4.78, 5) is 12.1. The molecular formula is C19H27N3O3. The predicted octanol–water partition coefficient (Wildman–Crippen LogP) is 3.78. The van der Waals surface area contributed by atoms with Crippen LogP contribution < -0.4 is 10.6 Å². The molecule has 0 spiro atoms. The second-order valence-corrected chi connectivity index (χ2v) is 6.47. The Morgan fingerprint density at radius 2 is 1.96 bits per heavy atom. The summed E-state index contributed by atoms with van der Waals surface area (Å²) in [6.07, 6.45) is 0.193. The van der Waals surface area contributed by atoms with Crippen LogP contribution in [0.5, 0.6) is 0 Å². The van der Waals surface area contributed by atoms with Crippen LogP contribution in [0.2, 0.25) is 0 Å². The number of hydrogen-bond donors (Lipinski definition) is 2. The number of hydrogen-bond acceptors (Lipinski definition) is 4. The van der Waals surface area contributed by atoms with Gasteiger partial charge in [-0.05, 0) is 45.7 Å². The summed E-state index contributed by atoms with van der Waals surface area (Å²) in [6.45, 7) is 10.7. The number of urea groups is 1. The maximum atomic E-state index is 12.1. The first kappa shape index (κ1) is 19.0. The highest BCUT2D eigenvalue weighted by Crippen LogP contribution is 2.20. The average Bonchev–Trinajstić information content (AvgIpc) is 2.90. The van der Waals surface area contributed by atoms with E-state index in [4.69, 9.17) is 9.26 Å². The van der Waals surface area contributed by atoms with Gasteiger partial charge in [0, 0.05) is 12.1 Å². The monoisotopic (exact) mass is 345 g/mol. The molecule has 0 aliphatic carbocycles. The van der Waals surface area contributed by atoms with E-state index >= 15 is 0 Å². The lowest BCUT2D eigenvalue weighted by Gasteiger charge is -2.15. The molecule has 2 amide bonds. The summed E-state index contributed by atoms with van der Waals surface area (Å²) in [6, 6.07) is 7.62. The zero-order valence-corrected chi connectivity index (χ0v) is 15.6. The predicted molar refractivity (Wildman–Crippen MR) is 96.1 cm³/mol. The SMILES string of the molecule is Cc1noc(C)c1[C@@H](C)NC(=O)NCc1cccc(COC(C)C)c1. The number of carbonyl (C=O) groups excluding carboxylic acids is 1. The molecule has 0 saturated carbocycles. The minimum absolute atomic E-state index is 0.169. The van der Waals surface area contributed by atoms with Gasteiger partial charge in [-0.25, -0.2) is 4.79 Å². The van der Waals surface area contributed by atoms with Crippen molar-refractivity contribution in [3.8, 4) is 0 Å². The van der Waals surface area contributed by atoms with E-state index in [1.807, 2.05) is 58.9 Å². The van der Waals surface area contributed by atoms with Crippen LogP contribution in [-0.4, -0.2) is 17.3 Å². The van der Waals surface area contributed by atoms with Gasteiger partial charge in [-0.2, -0.15) is 0 Å². The van der Waals surface area contributed by atoms with Gasteiger partial charge < -0.3 is 19.9 Å². The molecule has 0 aliphatic heterocycles. The third-order valence-electron chi connectivity index (χ3n) is 3.90. The largest absolute Gasteiger partial charge is 0.374 e. The number of ether oxygens (including phenoxy) is 1. The molecule has 1 atom stereocenters. The van der Waals surface area contributed by atoms with Crippen molar-refractivity contribution in [2.24, 2.45) is 0 Å². The lowest BCUT2D eigenvalue weighted by Crippen LogP contribution is -2.36. The van der Waals surface area contributed by atoms with E-state index in [1.54, 1.807) is 0 Å². The van der Waals surface area contributed by atoms with Crippen LogP contribution in [0, 0.1) is 13.8 Å². The van der Waals surface area contributed by atoms with Gasteiger partial charge in [-0.3, -0.25) is 0 Å². The number of aromatic nitrogens is 1. The van der Waals surface area contributed by atoms with Gasteiger partial charge >= 0.3 is 6.03 Å². The number of nitrogens with one attached hydrogen (secondary N) is 2. The molecule has 0 unspecified atom stereocenters. The Morgan fingerprint density at radius 3 is 2.60 bits per heavy atom. The van der Waals surface area contributed by atoms with Gasteiger partial charge in [-0.15, -0.1) is 0 Å². The average molecular weight is 345 g/mol. The molecule has 25 heavy (non-hydrogen) atoms. The van der Waals surface area contributed by atoms with E-state index in [0.717, 1.165) is 28.1 Å². The highest BCUT2D eigenvalue weighted by atomic mass is 16.5. The standard InChI is InChI=1S/C19H27N3O3/c1-12(2)24-11-17-8-6-7-16(9-17)10-20-19(23)21-13(3)18-14(4)22-25-15(18)5/h6-9,12-13H,10-11H2,1-5H3,(H2,20,21,23)/t13-/m1/s1. The number of nitrogens with zero attached hydrogens (tertiary/aromatic N) is 1. The molecule has 2 rings (SSSR count). The van der Waals surface area contributed by atoms with Crippen molar-refractivity contribution in [1.29, 1.82) is 0 Å². The fourth-order valence-corrected chi connectivity index (χ4v) is 2.70. The molecule has 6 nitrogen and oxygen atoms in total. The molecule has 0 aliphatic rings. The van der Waals surface area contributed by atoms with Crippen LogP contribution in [-0.2, 0) is 17.9 Å². The van der Waals surface area contributed by atoms with Crippen LogP contribution in [0.4, 0.5) is 4.79 Å². The fourth-order valence-electron chi connectivity index (χ4n) is 2.70. The van der Waals surface area contributed by atoms with Crippen LogP contribution >= 0.6 is 0 Å². The van der Waals surface area contributed by atoms with Crippen molar-refractivity contribution < 1.29 is 14.1 Å². The summed E-state index contributed by atoms with van der Waals surface area (Å²) in [5, 5.41) is 9.71. The van der Waals surface area contributed by atoms with Crippen molar-refractivity contribution in [3.05, 3.63) is 52.4 Å². The number of benzene rings is 1. The lowest BCUT2D eigenvalue weighted by atomic mass is 10.1. The number of amides is 2. The molecule has 0 bridgehead atoms. The van der Waals surface area contributed by atoms with Gasteiger partial charge in [0.25, 0.3) is 0 Å². The van der Waals surface area contributed by atoms with Crippen LogP contribution in [0.3, 0.4) is 0 Å². The Hall–Kier alpha value is -2.34. The summed E-state index contributed by atoms with van der Waals surface area (Å²) >= 11 is 0. The molecule has 0 radical (unpaired) electrons. The first-order valence-electron chi connectivity index (χ1n) is 8.53. The van der Waals surface area contributed by atoms with Gasteiger partial charge in [0.2, 0.25) is 0 Å². The van der Waals surface area contributed by atoms with E-state index in [1.165, 1.54) is 0 Å². The second-order valence-electron chi connectivity index (χ2n) is 6.47. The number of carbonyl (C=O) groups is 1. The third-order valence-corrected chi connectivity index (χ3v) is 3.90. The van der Waals surface area contributed by atoms with Gasteiger partial charge in [0.05, 0.1) is 24.4 Å². The quantitative estimate of drug-likeness (QED) is 0.801. The van der Waals surface area contributed by atoms with Crippen molar-refractivity contribution in [2.45, 2.75) is 59.9 Å². The van der Waals surface area contributed by atoms with Crippen molar-refractivity contribution in [3.63, 3.8) is 0 Å². The third kappa shape index (κ3) is 5.60. The molecule has 6 heteroatoms.